The number of unbranched alkanes of at least 4 members (excludes halogenated alkanes) is 3. The number of ether oxygens (including phenoxy) is 1. The molecule has 0 bridgehead atoms. The first-order valence-electron chi connectivity index (χ1n) is 11.7. The van der Waals surface area contributed by atoms with E-state index in [9.17, 15) is 5.11 Å². The predicted octanol–water partition coefficient (Wildman–Crippen LogP) is 4.63. The van der Waals surface area contributed by atoms with Gasteiger partial charge in [-0.1, -0.05) is 38.3 Å². The Kier molecular flexibility index (Phi) is 8.88. The second-order valence-electron chi connectivity index (χ2n) is 8.51. The van der Waals surface area contributed by atoms with Crippen molar-refractivity contribution in [1.82, 2.24) is 20.1 Å². The van der Waals surface area contributed by atoms with Crippen LogP contribution in [-0.4, -0.2) is 52.7 Å². The van der Waals surface area contributed by atoms with Crippen LogP contribution in [0.25, 0.3) is 22.3 Å². The Bertz CT molecular complexity index is 986. The van der Waals surface area contributed by atoms with Gasteiger partial charge in [0.15, 0.2) is 5.65 Å². The average Bonchev–Trinajstić information content (AvgIpc) is 3.22. The van der Waals surface area contributed by atoms with Crippen LogP contribution in [0.4, 0.5) is 5.69 Å². The Morgan fingerprint density at radius 2 is 2.00 bits per heavy atom. The van der Waals surface area contributed by atoms with E-state index in [-0.39, 0.29) is 12.6 Å². The highest BCUT2D eigenvalue weighted by Gasteiger charge is 2.14. The molecule has 7 heteroatoms. The van der Waals surface area contributed by atoms with Crippen LogP contribution in [-0.2, 0) is 0 Å². The van der Waals surface area contributed by atoms with Crippen LogP contribution in [0.15, 0.2) is 36.5 Å². The van der Waals surface area contributed by atoms with Crippen LogP contribution in [0.5, 0.6) is 5.75 Å². The van der Waals surface area contributed by atoms with Crippen molar-refractivity contribution in [2.45, 2.75) is 58.6 Å². The lowest BCUT2D eigenvalue weighted by atomic mass is 10.1. The molecule has 2 heterocycles. The molecule has 0 aliphatic rings. The number of fused-ring (bicyclic) bond motifs is 1. The van der Waals surface area contributed by atoms with Crippen LogP contribution in [0.3, 0.4) is 0 Å². The highest BCUT2D eigenvalue weighted by molar-refractivity contribution is 5.91. The minimum Gasteiger partial charge on any atom is -0.491 e. The molecule has 0 fully saturated rings. The van der Waals surface area contributed by atoms with E-state index in [4.69, 9.17) is 9.72 Å². The third kappa shape index (κ3) is 6.20. The topological polar surface area (TPSA) is 84.2 Å². The number of aliphatic hydroxyl groups is 1. The van der Waals surface area contributed by atoms with Crippen molar-refractivity contribution >= 4 is 16.7 Å². The first kappa shape index (κ1) is 24.0. The molecule has 3 rings (SSSR count). The molecule has 0 aliphatic carbocycles. The molecule has 1 unspecified atom stereocenters. The molecular formula is C25H37N5O2. The number of likely N-dealkylation sites (N-methyl/N-ethyl adjacent to an activating group) is 1. The second kappa shape index (κ2) is 11.8. The van der Waals surface area contributed by atoms with E-state index in [1.165, 1.54) is 19.3 Å². The van der Waals surface area contributed by atoms with Gasteiger partial charge in [0, 0.05) is 30.4 Å². The number of aliphatic hydroxyl groups excluding tert-OH is 1. The molecule has 1 atom stereocenters. The van der Waals surface area contributed by atoms with Crippen molar-refractivity contribution in [1.29, 1.82) is 0 Å². The van der Waals surface area contributed by atoms with Gasteiger partial charge in [0.05, 0.1) is 17.3 Å². The molecule has 3 N–H and O–H groups in total. The fraction of sp³-hybridized carbons (Fsp3) is 0.520. The van der Waals surface area contributed by atoms with Crippen molar-refractivity contribution in [2.75, 3.05) is 32.1 Å². The summed E-state index contributed by atoms with van der Waals surface area (Å²) in [5.41, 5.74) is 3.78. The summed E-state index contributed by atoms with van der Waals surface area (Å²) >= 11 is 0. The number of anilines is 1. The van der Waals surface area contributed by atoms with Gasteiger partial charge in [0.25, 0.3) is 0 Å². The number of hydrogen-bond donors (Lipinski definition) is 3. The number of nitrogens with zero attached hydrogens (tertiary/aromatic N) is 3. The van der Waals surface area contributed by atoms with Gasteiger partial charge >= 0.3 is 0 Å². The largest absolute Gasteiger partial charge is 0.491 e. The molecule has 0 spiro atoms. The third-order valence-corrected chi connectivity index (χ3v) is 5.41. The Hall–Kier alpha value is -2.64. The number of benzene rings is 1. The summed E-state index contributed by atoms with van der Waals surface area (Å²) in [6.45, 7) is 8.11. The lowest BCUT2D eigenvalue weighted by Crippen LogP contribution is -2.29. The second-order valence-corrected chi connectivity index (χ2v) is 8.51. The first-order valence-corrected chi connectivity index (χ1v) is 11.7. The third-order valence-electron chi connectivity index (χ3n) is 5.41. The van der Waals surface area contributed by atoms with Crippen LogP contribution < -0.4 is 15.4 Å². The van der Waals surface area contributed by atoms with E-state index in [0.29, 0.717) is 12.3 Å². The summed E-state index contributed by atoms with van der Waals surface area (Å²) in [5, 5.41) is 22.1. The number of hydrogen-bond acceptors (Lipinski definition) is 6. The summed E-state index contributed by atoms with van der Waals surface area (Å²) in [6.07, 6.45) is 6.22. The van der Waals surface area contributed by atoms with Gasteiger partial charge < -0.3 is 20.5 Å². The molecule has 0 saturated heterocycles. The SMILES string of the molecule is CCCCCCNc1cc(-c2cccc(OCC(O)CNC)c2)nc2c1cnn2C(C)C. The van der Waals surface area contributed by atoms with Crippen LogP contribution in [0, 0.1) is 0 Å². The number of nitrogens with one attached hydrogen (secondary N) is 2. The maximum atomic E-state index is 9.93. The predicted molar refractivity (Wildman–Crippen MR) is 131 cm³/mol. The lowest BCUT2D eigenvalue weighted by Gasteiger charge is -2.14. The Labute approximate surface area is 191 Å². The maximum absolute atomic E-state index is 9.93. The summed E-state index contributed by atoms with van der Waals surface area (Å²) in [4.78, 5) is 4.96. The monoisotopic (exact) mass is 439 g/mol. The minimum absolute atomic E-state index is 0.219. The normalized spacial score (nSPS) is 12.4. The minimum atomic E-state index is -0.554. The zero-order chi connectivity index (χ0) is 22.9. The molecule has 0 aliphatic heterocycles. The van der Waals surface area contributed by atoms with Crippen molar-refractivity contribution in [2.24, 2.45) is 0 Å². The number of aromatic nitrogens is 3. The van der Waals surface area contributed by atoms with Gasteiger partial charge in [-0.25, -0.2) is 9.67 Å². The van der Waals surface area contributed by atoms with Gasteiger partial charge in [0.2, 0.25) is 0 Å². The molecule has 2 aromatic heterocycles. The van der Waals surface area contributed by atoms with Crippen molar-refractivity contribution < 1.29 is 9.84 Å². The zero-order valence-electron chi connectivity index (χ0n) is 19.8. The molecule has 0 amide bonds. The summed E-state index contributed by atoms with van der Waals surface area (Å²) in [7, 11) is 1.81. The van der Waals surface area contributed by atoms with Crippen LogP contribution in [0.1, 0.15) is 52.5 Å². The molecule has 1 aromatic carbocycles. The number of pyridine rings is 1. The van der Waals surface area contributed by atoms with Gasteiger partial charge in [0.1, 0.15) is 18.5 Å². The van der Waals surface area contributed by atoms with E-state index in [0.717, 1.165) is 40.9 Å². The van der Waals surface area contributed by atoms with E-state index in [1.807, 2.05) is 42.2 Å². The van der Waals surface area contributed by atoms with Crippen molar-refractivity contribution in [3.63, 3.8) is 0 Å². The van der Waals surface area contributed by atoms with Gasteiger partial charge in [-0.2, -0.15) is 5.10 Å². The van der Waals surface area contributed by atoms with Crippen molar-refractivity contribution in [3.05, 3.63) is 36.5 Å². The van der Waals surface area contributed by atoms with E-state index in [2.05, 4.69) is 42.6 Å². The summed E-state index contributed by atoms with van der Waals surface area (Å²) in [6, 6.07) is 10.2. The molecule has 174 valence electrons. The molecule has 7 nitrogen and oxygen atoms in total. The quantitative estimate of drug-likeness (QED) is 0.337. The van der Waals surface area contributed by atoms with Crippen LogP contribution in [0.2, 0.25) is 0 Å². The molecule has 0 radical (unpaired) electrons. The highest BCUT2D eigenvalue weighted by Crippen LogP contribution is 2.31. The van der Waals surface area contributed by atoms with Crippen LogP contribution >= 0.6 is 0 Å². The smallest absolute Gasteiger partial charge is 0.160 e. The fourth-order valence-electron chi connectivity index (χ4n) is 3.70. The highest BCUT2D eigenvalue weighted by atomic mass is 16.5. The maximum Gasteiger partial charge on any atom is 0.160 e. The molecule has 0 saturated carbocycles. The Balaban J connectivity index is 1.88. The first-order chi connectivity index (χ1) is 15.5. The Morgan fingerprint density at radius 1 is 1.16 bits per heavy atom. The zero-order valence-corrected chi connectivity index (χ0v) is 19.8. The molecular weight excluding hydrogens is 402 g/mol. The lowest BCUT2D eigenvalue weighted by molar-refractivity contribution is 0.108. The number of rotatable bonds is 13. The van der Waals surface area contributed by atoms with E-state index in [1.54, 1.807) is 0 Å². The molecule has 3 aromatic rings. The Morgan fingerprint density at radius 3 is 2.75 bits per heavy atom. The summed E-state index contributed by atoms with van der Waals surface area (Å²) in [5.74, 6) is 0.714. The summed E-state index contributed by atoms with van der Waals surface area (Å²) < 4.78 is 7.77. The van der Waals surface area contributed by atoms with Crippen molar-refractivity contribution in [3.8, 4) is 17.0 Å². The standard InChI is InChI=1S/C25H37N5O2/c1-5-6-7-8-12-27-24-14-23(29-25-22(24)16-28-30(25)18(2)3)19-10-9-11-21(13-19)32-17-20(31)15-26-4/h9-11,13-14,16,18,20,26,31H,5-8,12,15,17H2,1-4H3,(H,27,29). The molecule has 32 heavy (non-hydrogen) atoms. The van der Waals surface area contributed by atoms with E-state index >= 15 is 0 Å². The average molecular weight is 440 g/mol. The van der Waals surface area contributed by atoms with Gasteiger partial charge in [-0.3, -0.25) is 0 Å². The van der Waals surface area contributed by atoms with E-state index < -0.39 is 6.10 Å². The van der Waals surface area contributed by atoms with Gasteiger partial charge in [-0.05, 0) is 45.5 Å². The van der Waals surface area contributed by atoms with Gasteiger partial charge in [-0.15, -0.1) is 0 Å². The fourth-order valence-corrected chi connectivity index (χ4v) is 3.70.